The fourth-order valence-corrected chi connectivity index (χ4v) is 1.18. The molecule has 0 radical (unpaired) electrons. The van der Waals surface area contributed by atoms with Gasteiger partial charge >= 0.3 is 0 Å². The maximum absolute atomic E-state index is 11.2. The van der Waals surface area contributed by atoms with Crippen LogP contribution >= 0.6 is 0 Å². The van der Waals surface area contributed by atoms with Crippen molar-refractivity contribution >= 4 is 11.7 Å². The Morgan fingerprint density at radius 3 is 2.93 bits per heavy atom. The number of carbonyl (C=O) groups is 1. The monoisotopic (exact) mass is 208 g/mol. The summed E-state index contributed by atoms with van der Waals surface area (Å²) in [6.45, 7) is 4.24. The highest BCUT2D eigenvalue weighted by Gasteiger charge is 2.04. The molecule has 0 bridgehead atoms. The van der Waals surface area contributed by atoms with Crippen LogP contribution in [0, 0.1) is 0 Å². The van der Waals surface area contributed by atoms with Gasteiger partial charge in [0.1, 0.15) is 12.4 Å². The molecule has 82 valence electrons. The molecule has 0 aromatic carbocycles. The summed E-state index contributed by atoms with van der Waals surface area (Å²) in [4.78, 5) is 15.3. The van der Waals surface area contributed by atoms with Crippen LogP contribution in [0.3, 0.4) is 0 Å². The molecule has 15 heavy (non-hydrogen) atoms. The predicted molar refractivity (Wildman–Crippen MR) is 58.8 cm³/mol. The number of hydrogen-bond acceptors (Lipinski definition) is 3. The van der Waals surface area contributed by atoms with Gasteiger partial charge in [0, 0.05) is 13.3 Å². The van der Waals surface area contributed by atoms with Crippen LogP contribution in [-0.4, -0.2) is 24.6 Å². The minimum absolute atomic E-state index is 0.0492. The summed E-state index contributed by atoms with van der Waals surface area (Å²) >= 11 is 0. The van der Waals surface area contributed by atoms with Gasteiger partial charge in [-0.05, 0) is 23.6 Å². The van der Waals surface area contributed by atoms with Crippen LogP contribution in [0.5, 0.6) is 0 Å². The van der Waals surface area contributed by atoms with Crippen LogP contribution < -0.4 is 5.32 Å². The number of carbonyl (C=O) groups excluding carboxylic acids is 1. The Morgan fingerprint density at radius 2 is 2.33 bits per heavy atom. The number of rotatable bonds is 4. The predicted octanol–water partition coefficient (Wildman–Crippen LogP) is 1.79. The van der Waals surface area contributed by atoms with Crippen molar-refractivity contribution < 1.29 is 9.53 Å². The molecule has 1 N–H and O–H groups in total. The number of ether oxygens (including phenoxy) is 1. The normalized spacial score (nSPS) is 10.4. The molecule has 0 aliphatic heterocycles. The van der Waals surface area contributed by atoms with Crippen molar-refractivity contribution in [1.29, 1.82) is 0 Å². The van der Waals surface area contributed by atoms with Crippen molar-refractivity contribution in [3.8, 4) is 0 Å². The molecular formula is C11H16N2O2. The van der Waals surface area contributed by atoms with Gasteiger partial charge in [0.25, 0.3) is 5.91 Å². The van der Waals surface area contributed by atoms with Gasteiger partial charge in [0.2, 0.25) is 0 Å². The number of methoxy groups -OCH3 is 1. The highest BCUT2D eigenvalue weighted by molar-refractivity contribution is 5.90. The molecule has 1 aromatic rings. The molecule has 0 fully saturated rings. The molecule has 4 nitrogen and oxygen atoms in total. The molecular weight excluding hydrogens is 192 g/mol. The van der Waals surface area contributed by atoms with Crippen LogP contribution in [0.2, 0.25) is 0 Å². The Morgan fingerprint density at radius 1 is 1.60 bits per heavy atom. The van der Waals surface area contributed by atoms with Crippen LogP contribution in [0.1, 0.15) is 25.3 Å². The van der Waals surface area contributed by atoms with Crippen molar-refractivity contribution in [2.75, 3.05) is 19.0 Å². The van der Waals surface area contributed by atoms with Crippen molar-refractivity contribution in [3.05, 3.63) is 23.9 Å². The van der Waals surface area contributed by atoms with Crippen molar-refractivity contribution in [1.82, 2.24) is 4.98 Å². The number of hydrogen-bond donors (Lipinski definition) is 1. The Balaban J connectivity index is 2.69. The molecule has 0 saturated heterocycles. The lowest BCUT2D eigenvalue weighted by atomic mass is 10.1. The first-order valence-electron chi connectivity index (χ1n) is 4.88. The largest absolute Gasteiger partial charge is 0.375 e. The molecule has 1 aromatic heterocycles. The summed E-state index contributed by atoms with van der Waals surface area (Å²) < 4.78 is 4.71. The van der Waals surface area contributed by atoms with E-state index in [1.807, 2.05) is 12.1 Å². The van der Waals surface area contributed by atoms with Gasteiger partial charge in [-0.2, -0.15) is 0 Å². The Kier molecular flexibility index (Phi) is 4.24. The summed E-state index contributed by atoms with van der Waals surface area (Å²) in [5.41, 5.74) is 1.15. The van der Waals surface area contributed by atoms with E-state index in [1.165, 1.54) is 7.11 Å². The SMILES string of the molecule is COCC(=O)Nc1cc(C(C)C)ccn1. The fraction of sp³-hybridized carbons (Fsp3) is 0.455. The minimum atomic E-state index is -0.189. The van der Waals surface area contributed by atoms with Gasteiger partial charge in [0.05, 0.1) is 0 Å². The highest BCUT2D eigenvalue weighted by Crippen LogP contribution is 2.16. The first-order chi connectivity index (χ1) is 7.13. The topological polar surface area (TPSA) is 51.2 Å². The molecule has 0 saturated carbocycles. The van der Waals surface area contributed by atoms with Crippen LogP contribution in [-0.2, 0) is 9.53 Å². The van der Waals surface area contributed by atoms with Crippen LogP contribution in [0.15, 0.2) is 18.3 Å². The standard InChI is InChI=1S/C11H16N2O2/c1-8(2)9-4-5-12-10(6-9)13-11(14)7-15-3/h4-6,8H,7H2,1-3H3,(H,12,13,14). The third-order valence-electron chi connectivity index (χ3n) is 1.99. The third-order valence-corrected chi connectivity index (χ3v) is 1.99. The average Bonchev–Trinajstić information content (AvgIpc) is 2.18. The van der Waals surface area contributed by atoms with E-state index in [1.54, 1.807) is 6.20 Å². The quantitative estimate of drug-likeness (QED) is 0.820. The second-order valence-corrected chi connectivity index (χ2v) is 3.61. The lowest BCUT2D eigenvalue weighted by molar-refractivity contribution is -0.119. The van der Waals surface area contributed by atoms with Gasteiger partial charge in [-0.25, -0.2) is 4.98 Å². The average molecular weight is 208 g/mol. The van der Waals surface area contributed by atoms with E-state index in [0.717, 1.165) is 5.56 Å². The van der Waals surface area contributed by atoms with E-state index in [-0.39, 0.29) is 12.5 Å². The second-order valence-electron chi connectivity index (χ2n) is 3.61. The third kappa shape index (κ3) is 3.67. The number of anilines is 1. The highest BCUT2D eigenvalue weighted by atomic mass is 16.5. The van der Waals surface area contributed by atoms with E-state index in [2.05, 4.69) is 24.1 Å². The van der Waals surface area contributed by atoms with E-state index < -0.39 is 0 Å². The van der Waals surface area contributed by atoms with Gasteiger partial charge in [-0.3, -0.25) is 4.79 Å². The zero-order valence-electron chi connectivity index (χ0n) is 9.28. The zero-order chi connectivity index (χ0) is 11.3. The smallest absolute Gasteiger partial charge is 0.251 e. The number of nitrogens with one attached hydrogen (secondary N) is 1. The fourth-order valence-electron chi connectivity index (χ4n) is 1.18. The number of nitrogens with zero attached hydrogens (tertiary/aromatic N) is 1. The Hall–Kier alpha value is -1.42. The number of amides is 1. The van der Waals surface area contributed by atoms with E-state index in [9.17, 15) is 4.79 Å². The molecule has 1 rings (SSSR count). The van der Waals surface area contributed by atoms with Crippen LogP contribution in [0.4, 0.5) is 5.82 Å². The van der Waals surface area contributed by atoms with Gasteiger partial charge < -0.3 is 10.1 Å². The minimum Gasteiger partial charge on any atom is -0.375 e. The molecule has 0 spiro atoms. The zero-order valence-corrected chi connectivity index (χ0v) is 9.28. The van der Waals surface area contributed by atoms with E-state index >= 15 is 0 Å². The molecule has 1 heterocycles. The molecule has 1 amide bonds. The molecule has 0 aliphatic rings. The van der Waals surface area contributed by atoms with E-state index in [0.29, 0.717) is 11.7 Å². The lowest BCUT2D eigenvalue weighted by Gasteiger charge is -2.08. The maximum Gasteiger partial charge on any atom is 0.251 e. The summed E-state index contributed by atoms with van der Waals surface area (Å²) in [7, 11) is 1.48. The lowest BCUT2D eigenvalue weighted by Crippen LogP contribution is -2.17. The summed E-state index contributed by atoms with van der Waals surface area (Å²) in [6.07, 6.45) is 1.69. The summed E-state index contributed by atoms with van der Waals surface area (Å²) in [5.74, 6) is 0.806. The van der Waals surface area contributed by atoms with Gasteiger partial charge in [0.15, 0.2) is 0 Å². The second kappa shape index (κ2) is 5.46. The van der Waals surface area contributed by atoms with Crippen LogP contribution in [0.25, 0.3) is 0 Å². The van der Waals surface area contributed by atoms with E-state index in [4.69, 9.17) is 4.74 Å². The first-order valence-corrected chi connectivity index (χ1v) is 4.88. The van der Waals surface area contributed by atoms with Crippen molar-refractivity contribution in [2.45, 2.75) is 19.8 Å². The van der Waals surface area contributed by atoms with Crippen molar-refractivity contribution in [2.24, 2.45) is 0 Å². The Bertz CT molecular complexity index is 337. The molecule has 0 unspecified atom stereocenters. The number of pyridine rings is 1. The summed E-state index contributed by atoms with van der Waals surface area (Å²) in [6, 6.07) is 3.81. The molecule has 4 heteroatoms. The molecule has 0 aliphatic carbocycles. The summed E-state index contributed by atoms with van der Waals surface area (Å²) in [5, 5.41) is 2.66. The van der Waals surface area contributed by atoms with Crippen molar-refractivity contribution in [3.63, 3.8) is 0 Å². The first kappa shape index (κ1) is 11.7. The molecule has 0 atom stereocenters. The Labute approximate surface area is 89.7 Å². The number of aromatic nitrogens is 1. The van der Waals surface area contributed by atoms with Gasteiger partial charge in [-0.15, -0.1) is 0 Å². The maximum atomic E-state index is 11.2. The van der Waals surface area contributed by atoms with Gasteiger partial charge in [-0.1, -0.05) is 13.8 Å².